The second kappa shape index (κ2) is 5.60. The third-order valence-corrected chi connectivity index (χ3v) is 2.26. The first-order chi connectivity index (χ1) is 7.13. The highest BCUT2D eigenvalue weighted by Crippen LogP contribution is 2.26. The summed E-state index contributed by atoms with van der Waals surface area (Å²) in [6, 6.07) is 5.14. The lowest BCUT2D eigenvalue weighted by molar-refractivity contribution is -0.145. The number of carbonyl (C=O) groups excluding carboxylic acids is 1. The standard InChI is InChI=1S/C10H12BrNO3/c1-2-14-10(13)6-15-9-5-7(12)3-4-8(9)11/h3-5H,2,6,12H2,1H3. The first kappa shape index (κ1) is 11.8. The molecule has 0 heterocycles. The Hall–Kier alpha value is -1.23. The number of nitrogen functional groups attached to an aromatic ring is 1. The van der Waals surface area contributed by atoms with Crippen LogP contribution in [0.15, 0.2) is 22.7 Å². The predicted molar refractivity (Wildman–Crippen MR) is 60.7 cm³/mol. The van der Waals surface area contributed by atoms with Crippen LogP contribution in [0.1, 0.15) is 6.92 Å². The molecule has 1 rings (SSSR count). The Morgan fingerprint density at radius 2 is 2.27 bits per heavy atom. The quantitative estimate of drug-likeness (QED) is 0.673. The number of anilines is 1. The van der Waals surface area contributed by atoms with Crippen molar-refractivity contribution in [3.63, 3.8) is 0 Å². The Balaban J connectivity index is 2.57. The van der Waals surface area contributed by atoms with Gasteiger partial charge in [-0.25, -0.2) is 4.79 Å². The summed E-state index contributed by atoms with van der Waals surface area (Å²) in [5.41, 5.74) is 6.16. The van der Waals surface area contributed by atoms with Crippen molar-refractivity contribution in [1.29, 1.82) is 0 Å². The smallest absolute Gasteiger partial charge is 0.344 e. The van der Waals surface area contributed by atoms with E-state index < -0.39 is 5.97 Å². The molecule has 0 aliphatic rings. The number of carbonyl (C=O) groups is 1. The Kier molecular flexibility index (Phi) is 4.42. The fourth-order valence-electron chi connectivity index (χ4n) is 0.970. The molecule has 82 valence electrons. The van der Waals surface area contributed by atoms with E-state index in [1.165, 1.54) is 0 Å². The fraction of sp³-hybridized carbons (Fsp3) is 0.300. The second-order valence-electron chi connectivity index (χ2n) is 2.78. The molecule has 0 aliphatic carbocycles. The van der Waals surface area contributed by atoms with Crippen molar-refractivity contribution in [3.05, 3.63) is 22.7 Å². The van der Waals surface area contributed by atoms with Crippen molar-refractivity contribution in [2.24, 2.45) is 0 Å². The predicted octanol–water partition coefficient (Wildman–Crippen LogP) is 1.97. The van der Waals surface area contributed by atoms with Gasteiger partial charge in [0.2, 0.25) is 0 Å². The monoisotopic (exact) mass is 273 g/mol. The second-order valence-corrected chi connectivity index (χ2v) is 3.64. The van der Waals surface area contributed by atoms with Crippen LogP contribution in [0.4, 0.5) is 5.69 Å². The Bertz CT molecular complexity index is 355. The van der Waals surface area contributed by atoms with Crippen molar-refractivity contribution in [2.75, 3.05) is 18.9 Å². The van der Waals surface area contributed by atoms with E-state index >= 15 is 0 Å². The Morgan fingerprint density at radius 1 is 1.53 bits per heavy atom. The van der Waals surface area contributed by atoms with E-state index in [2.05, 4.69) is 15.9 Å². The van der Waals surface area contributed by atoms with Crippen LogP contribution < -0.4 is 10.5 Å². The highest BCUT2D eigenvalue weighted by Gasteiger charge is 2.06. The van der Waals surface area contributed by atoms with Crippen LogP contribution in [-0.4, -0.2) is 19.2 Å². The van der Waals surface area contributed by atoms with Crippen LogP contribution in [0.2, 0.25) is 0 Å². The van der Waals surface area contributed by atoms with Crippen molar-refractivity contribution in [2.45, 2.75) is 6.92 Å². The molecular weight excluding hydrogens is 262 g/mol. The molecule has 4 nitrogen and oxygen atoms in total. The molecule has 0 amide bonds. The number of esters is 1. The molecule has 0 fully saturated rings. The van der Waals surface area contributed by atoms with E-state index in [9.17, 15) is 4.79 Å². The first-order valence-electron chi connectivity index (χ1n) is 4.47. The van der Waals surface area contributed by atoms with E-state index in [1.807, 2.05) is 0 Å². The zero-order chi connectivity index (χ0) is 11.3. The third kappa shape index (κ3) is 3.79. The van der Waals surface area contributed by atoms with Crippen LogP contribution in [0, 0.1) is 0 Å². The molecule has 2 N–H and O–H groups in total. The summed E-state index contributed by atoms with van der Waals surface area (Å²) >= 11 is 3.29. The minimum Gasteiger partial charge on any atom is -0.481 e. The summed E-state index contributed by atoms with van der Waals surface area (Å²) in [5.74, 6) is 0.134. The minimum absolute atomic E-state index is 0.115. The van der Waals surface area contributed by atoms with Gasteiger partial charge < -0.3 is 15.2 Å². The van der Waals surface area contributed by atoms with E-state index in [0.29, 0.717) is 18.0 Å². The molecule has 0 spiro atoms. The van der Waals surface area contributed by atoms with Crippen LogP contribution in [0.25, 0.3) is 0 Å². The molecule has 0 saturated heterocycles. The number of hydrogen-bond donors (Lipinski definition) is 1. The van der Waals surface area contributed by atoms with Gasteiger partial charge in [-0.3, -0.25) is 0 Å². The van der Waals surface area contributed by atoms with Gasteiger partial charge in [0.1, 0.15) is 5.75 Å². The lowest BCUT2D eigenvalue weighted by Gasteiger charge is -2.08. The lowest BCUT2D eigenvalue weighted by Crippen LogP contribution is -2.14. The highest BCUT2D eigenvalue weighted by molar-refractivity contribution is 9.10. The molecule has 1 aromatic carbocycles. The Labute approximate surface area is 96.5 Å². The number of halogens is 1. The molecule has 0 bridgehead atoms. The van der Waals surface area contributed by atoms with Gasteiger partial charge in [0.25, 0.3) is 0 Å². The maximum absolute atomic E-state index is 11.0. The van der Waals surface area contributed by atoms with Gasteiger partial charge in [-0.15, -0.1) is 0 Å². The normalized spacial score (nSPS) is 9.73. The van der Waals surface area contributed by atoms with Crippen LogP contribution in [-0.2, 0) is 9.53 Å². The summed E-state index contributed by atoms with van der Waals surface area (Å²) in [7, 11) is 0. The summed E-state index contributed by atoms with van der Waals surface area (Å²) in [6.45, 7) is 1.98. The Morgan fingerprint density at radius 3 is 2.93 bits per heavy atom. The summed E-state index contributed by atoms with van der Waals surface area (Å²) in [5, 5.41) is 0. The topological polar surface area (TPSA) is 61.5 Å². The summed E-state index contributed by atoms with van der Waals surface area (Å²) in [4.78, 5) is 11.0. The average molecular weight is 274 g/mol. The van der Waals surface area contributed by atoms with E-state index in [4.69, 9.17) is 15.2 Å². The molecule has 5 heteroatoms. The van der Waals surface area contributed by atoms with Crippen LogP contribution >= 0.6 is 15.9 Å². The number of rotatable bonds is 4. The highest BCUT2D eigenvalue weighted by atomic mass is 79.9. The molecule has 0 unspecified atom stereocenters. The molecule has 0 aliphatic heterocycles. The average Bonchev–Trinajstić information content (AvgIpc) is 2.20. The molecule has 0 aromatic heterocycles. The van der Waals surface area contributed by atoms with Gasteiger partial charge in [0.15, 0.2) is 6.61 Å². The molecule has 0 radical (unpaired) electrons. The zero-order valence-corrected chi connectivity index (χ0v) is 9.91. The van der Waals surface area contributed by atoms with Crippen molar-refractivity contribution in [3.8, 4) is 5.75 Å². The number of benzene rings is 1. The maximum Gasteiger partial charge on any atom is 0.344 e. The lowest BCUT2D eigenvalue weighted by atomic mass is 10.3. The van der Waals surface area contributed by atoms with Crippen molar-refractivity contribution in [1.82, 2.24) is 0 Å². The van der Waals surface area contributed by atoms with Crippen LogP contribution in [0.5, 0.6) is 5.75 Å². The zero-order valence-electron chi connectivity index (χ0n) is 8.33. The minimum atomic E-state index is -0.396. The van der Waals surface area contributed by atoms with Crippen LogP contribution in [0.3, 0.4) is 0 Å². The largest absolute Gasteiger partial charge is 0.481 e. The number of ether oxygens (including phenoxy) is 2. The van der Waals surface area contributed by atoms with Gasteiger partial charge >= 0.3 is 5.97 Å². The van der Waals surface area contributed by atoms with E-state index in [0.717, 1.165) is 4.47 Å². The number of hydrogen-bond acceptors (Lipinski definition) is 4. The van der Waals surface area contributed by atoms with Gasteiger partial charge in [-0.2, -0.15) is 0 Å². The van der Waals surface area contributed by atoms with Gasteiger partial charge in [-0.05, 0) is 35.0 Å². The van der Waals surface area contributed by atoms with E-state index in [-0.39, 0.29) is 6.61 Å². The van der Waals surface area contributed by atoms with E-state index in [1.54, 1.807) is 25.1 Å². The SMILES string of the molecule is CCOC(=O)COc1cc(N)ccc1Br. The number of nitrogens with two attached hydrogens (primary N) is 1. The van der Waals surface area contributed by atoms with Gasteiger partial charge in [-0.1, -0.05) is 0 Å². The fourth-order valence-corrected chi connectivity index (χ4v) is 1.33. The summed E-state index contributed by atoms with van der Waals surface area (Å²) < 4.78 is 10.7. The maximum atomic E-state index is 11.0. The van der Waals surface area contributed by atoms with Gasteiger partial charge in [0.05, 0.1) is 11.1 Å². The van der Waals surface area contributed by atoms with Crippen molar-refractivity contribution < 1.29 is 14.3 Å². The molecule has 0 atom stereocenters. The van der Waals surface area contributed by atoms with Crippen molar-refractivity contribution >= 4 is 27.6 Å². The molecule has 0 saturated carbocycles. The van der Waals surface area contributed by atoms with Gasteiger partial charge in [0, 0.05) is 11.8 Å². The molecule has 15 heavy (non-hydrogen) atoms. The summed E-state index contributed by atoms with van der Waals surface area (Å²) in [6.07, 6.45) is 0. The first-order valence-corrected chi connectivity index (χ1v) is 5.26. The molecular formula is C10H12BrNO3. The third-order valence-electron chi connectivity index (χ3n) is 1.61. The molecule has 1 aromatic rings.